The summed E-state index contributed by atoms with van der Waals surface area (Å²) >= 11 is 6.13. The average molecular weight is 347 g/mol. The van der Waals surface area contributed by atoms with Crippen molar-refractivity contribution >= 4 is 34.2 Å². The maximum absolute atomic E-state index is 12.5. The number of benzene rings is 1. The largest absolute Gasteiger partial charge is 0.449 e. The van der Waals surface area contributed by atoms with Gasteiger partial charge in [-0.1, -0.05) is 23.7 Å². The van der Waals surface area contributed by atoms with E-state index < -0.39 is 0 Å². The van der Waals surface area contributed by atoms with Crippen LogP contribution in [0.25, 0.3) is 11.0 Å². The third-order valence-corrected chi connectivity index (χ3v) is 4.09. The molecule has 0 aliphatic heterocycles. The summed E-state index contributed by atoms with van der Waals surface area (Å²) in [7, 11) is 4.00. The highest BCUT2D eigenvalue weighted by Gasteiger charge is 2.19. The Bertz CT molecular complexity index is 882. The maximum atomic E-state index is 12.5. The van der Waals surface area contributed by atoms with E-state index in [1.807, 2.05) is 33.2 Å². The van der Waals surface area contributed by atoms with Gasteiger partial charge < -0.3 is 14.6 Å². The minimum atomic E-state index is -0.313. The van der Waals surface area contributed by atoms with Crippen LogP contribution in [0.2, 0.25) is 5.02 Å². The maximum Gasteiger partial charge on any atom is 0.291 e. The highest BCUT2D eigenvalue weighted by Crippen LogP contribution is 2.31. The van der Waals surface area contributed by atoms with Crippen LogP contribution in [-0.4, -0.2) is 41.2 Å². The quantitative estimate of drug-likeness (QED) is 0.769. The van der Waals surface area contributed by atoms with Crippen LogP contribution in [0, 0.1) is 6.92 Å². The summed E-state index contributed by atoms with van der Waals surface area (Å²) in [6, 6.07) is 5.46. The first-order valence-electron chi connectivity index (χ1n) is 7.62. The Morgan fingerprint density at radius 2 is 2.21 bits per heavy atom. The van der Waals surface area contributed by atoms with E-state index in [1.165, 1.54) is 0 Å². The zero-order valence-electron chi connectivity index (χ0n) is 13.8. The number of hydrogen-bond acceptors (Lipinski definition) is 4. The zero-order chi connectivity index (χ0) is 17.3. The number of fused-ring (bicyclic) bond motifs is 1. The molecule has 1 aromatic carbocycles. The molecule has 0 aliphatic rings. The summed E-state index contributed by atoms with van der Waals surface area (Å²) in [5.74, 6) is -0.0499. The van der Waals surface area contributed by atoms with Crippen LogP contribution >= 0.6 is 11.6 Å². The van der Waals surface area contributed by atoms with E-state index in [2.05, 4.69) is 15.3 Å². The van der Waals surface area contributed by atoms with Gasteiger partial charge in [0.1, 0.15) is 0 Å². The molecule has 0 spiro atoms. The van der Waals surface area contributed by atoms with Crippen molar-refractivity contribution in [2.45, 2.75) is 13.5 Å². The Morgan fingerprint density at radius 1 is 1.42 bits per heavy atom. The van der Waals surface area contributed by atoms with Gasteiger partial charge in [-0.3, -0.25) is 9.48 Å². The number of aryl methyl sites for hydroxylation is 1. The molecule has 1 amide bonds. The lowest BCUT2D eigenvalue weighted by molar-refractivity contribution is 0.0998. The first kappa shape index (κ1) is 16.5. The molecular weight excluding hydrogens is 328 g/mol. The van der Waals surface area contributed by atoms with Gasteiger partial charge >= 0.3 is 0 Å². The molecule has 1 N–H and O–H groups in total. The van der Waals surface area contributed by atoms with Gasteiger partial charge in [-0.2, -0.15) is 5.10 Å². The van der Waals surface area contributed by atoms with E-state index in [0.717, 1.165) is 24.0 Å². The van der Waals surface area contributed by atoms with Crippen LogP contribution < -0.4 is 5.32 Å². The number of nitrogens with one attached hydrogen (secondary N) is 1. The van der Waals surface area contributed by atoms with Gasteiger partial charge in [-0.15, -0.1) is 0 Å². The smallest absolute Gasteiger partial charge is 0.291 e. The fraction of sp³-hybridized carbons (Fsp3) is 0.294. The van der Waals surface area contributed by atoms with Crippen LogP contribution in [0.1, 0.15) is 16.1 Å². The van der Waals surface area contributed by atoms with Gasteiger partial charge in [0.2, 0.25) is 0 Å². The number of furan rings is 1. The van der Waals surface area contributed by atoms with Crippen LogP contribution in [0.3, 0.4) is 0 Å². The fourth-order valence-corrected chi connectivity index (χ4v) is 2.68. The summed E-state index contributed by atoms with van der Waals surface area (Å²) < 4.78 is 7.46. The summed E-state index contributed by atoms with van der Waals surface area (Å²) in [6.45, 7) is 3.47. The molecule has 6 nitrogen and oxygen atoms in total. The van der Waals surface area contributed by atoms with Crippen LogP contribution in [0.4, 0.5) is 5.69 Å². The molecule has 24 heavy (non-hydrogen) atoms. The van der Waals surface area contributed by atoms with Crippen molar-refractivity contribution in [3.63, 3.8) is 0 Å². The van der Waals surface area contributed by atoms with Crippen molar-refractivity contribution in [3.8, 4) is 0 Å². The zero-order valence-corrected chi connectivity index (χ0v) is 14.6. The molecule has 2 aromatic heterocycles. The van der Waals surface area contributed by atoms with E-state index >= 15 is 0 Å². The summed E-state index contributed by atoms with van der Waals surface area (Å²) in [4.78, 5) is 14.6. The molecule has 0 aliphatic carbocycles. The standard InChI is InChI=1S/C17H19ClN4O2/c1-11-13-5-4-6-14(18)16(13)24-15(11)17(23)20-12-9-19-22(10-12)8-7-21(2)3/h4-6,9-10H,7-8H2,1-3H3,(H,20,23). The van der Waals surface area contributed by atoms with E-state index in [-0.39, 0.29) is 11.7 Å². The van der Waals surface area contributed by atoms with Gasteiger partial charge in [0, 0.05) is 23.7 Å². The Balaban J connectivity index is 1.78. The normalized spacial score (nSPS) is 11.4. The lowest BCUT2D eigenvalue weighted by Gasteiger charge is -2.08. The molecular formula is C17H19ClN4O2. The molecule has 0 fully saturated rings. The second kappa shape index (κ2) is 6.67. The van der Waals surface area contributed by atoms with Crippen molar-refractivity contribution in [2.75, 3.05) is 26.0 Å². The number of halogens is 1. The third kappa shape index (κ3) is 3.29. The van der Waals surface area contributed by atoms with Gasteiger partial charge in [-0.05, 0) is 27.1 Å². The molecule has 0 radical (unpaired) electrons. The minimum Gasteiger partial charge on any atom is -0.449 e. The van der Waals surface area contributed by atoms with Crippen molar-refractivity contribution in [2.24, 2.45) is 0 Å². The molecule has 3 rings (SSSR count). The second-order valence-electron chi connectivity index (χ2n) is 5.92. The van der Waals surface area contributed by atoms with Gasteiger partial charge in [0.15, 0.2) is 11.3 Å². The SMILES string of the molecule is Cc1c(C(=O)Nc2cnn(CCN(C)C)c2)oc2c(Cl)cccc12. The Hall–Kier alpha value is -2.31. The van der Waals surface area contributed by atoms with Crippen molar-refractivity contribution in [1.29, 1.82) is 0 Å². The molecule has 126 valence electrons. The van der Waals surface area contributed by atoms with Gasteiger partial charge in [-0.25, -0.2) is 0 Å². The highest BCUT2D eigenvalue weighted by atomic mass is 35.5. The van der Waals surface area contributed by atoms with E-state index in [0.29, 0.717) is 16.3 Å². The summed E-state index contributed by atoms with van der Waals surface area (Å²) in [5, 5.41) is 8.39. The Labute approximate surface area is 145 Å². The van der Waals surface area contributed by atoms with E-state index in [9.17, 15) is 4.79 Å². The predicted molar refractivity (Wildman–Crippen MR) is 94.7 cm³/mol. The minimum absolute atomic E-state index is 0.263. The number of carbonyl (C=O) groups excluding carboxylic acids is 1. The van der Waals surface area contributed by atoms with Crippen molar-refractivity contribution < 1.29 is 9.21 Å². The fourth-order valence-electron chi connectivity index (χ4n) is 2.47. The molecule has 0 saturated heterocycles. The molecule has 0 atom stereocenters. The van der Waals surface area contributed by atoms with Crippen LogP contribution in [-0.2, 0) is 6.54 Å². The van der Waals surface area contributed by atoms with E-state index in [4.69, 9.17) is 16.0 Å². The summed E-state index contributed by atoms with van der Waals surface area (Å²) in [5.41, 5.74) is 1.93. The third-order valence-electron chi connectivity index (χ3n) is 3.79. The molecule has 3 aromatic rings. The lowest BCUT2D eigenvalue weighted by Crippen LogP contribution is -2.18. The first-order valence-corrected chi connectivity index (χ1v) is 7.99. The number of carbonyl (C=O) groups is 1. The predicted octanol–water partition coefficient (Wildman–Crippen LogP) is 3.41. The topological polar surface area (TPSA) is 63.3 Å². The van der Waals surface area contributed by atoms with Gasteiger partial charge in [0.25, 0.3) is 5.91 Å². The lowest BCUT2D eigenvalue weighted by atomic mass is 10.1. The molecule has 2 heterocycles. The van der Waals surface area contributed by atoms with Crippen LogP contribution in [0.15, 0.2) is 35.0 Å². The average Bonchev–Trinajstić information content (AvgIpc) is 3.11. The van der Waals surface area contributed by atoms with E-state index in [1.54, 1.807) is 23.1 Å². The molecule has 0 bridgehead atoms. The van der Waals surface area contributed by atoms with Crippen LogP contribution in [0.5, 0.6) is 0 Å². The molecule has 0 saturated carbocycles. The second-order valence-corrected chi connectivity index (χ2v) is 6.33. The van der Waals surface area contributed by atoms with Crippen molar-refractivity contribution in [1.82, 2.24) is 14.7 Å². The number of hydrogen-bond donors (Lipinski definition) is 1. The molecule has 0 unspecified atom stereocenters. The number of rotatable bonds is 5. The number of amides is 1. The summed E-state index contributed by atoms with van der Waals surface area (Å²) in [6.07, 6.45) is 3.42. The Kier molecular flexibility index (Phi) is 4.59. The number of likely N-dealkylation sites (N-methyl/N-ethyl adjacent to an activating group) is 1. The number of aromatic nitrogens is 2. The Morgan fingerprint density at radius 3 is 2.92 bits per heavy atom. The number of nitrogens with zero attached hydrogens (tertiary/aromatic N) is 3. The monoisotopic (exact) mass is 346 g/mol. The van der Waals surface area contributed by atoms with Crippen molar-refractivity contribution in [3.05, 3.63) is 46.9 Å². The van der Waals surface area contributed by atoms with Gasteiger partial charge in [0.05, 0.1) is 23.5 Å². The molecule has 7 heteroatoms. The first-order chi connectivity index (χ1) is 11.5. The number of anilines is 1. The highest BCUT2D eigenvalue weighted by molar-refractivity contribution is 6.35. The number of para-hydroxylation sites is 1.